The van der Waals surface area contributed by atoms with E-state index in [2.05, 4.69) is 16.5 Å². The molecule has 1 amide bonds. The molecule has 100 valence electrons. The number of nitrogens with two attached hydrogens (primary N) is 1. The van der Waals surface area contributed by atoms with Crippen LogP contribution in [0.5, 0.6) is 0 Å². The summed E-state index contributed by atoms with van der Waals surface area (Å²) in [6, 6.07) is 0.550. The maximum atomic E-state index is 11.2. The van der Waals surface area contributed by atoms with Crippen LogP contribution in [0, 0.1) is 13.8 Å². The second kappa shape index (κ2) is 5.34. The Kier molecular flexibility index (Phi) is 4.00. The molecular weight excluding hydrogens is 246 g/mol. The molecule has 1 atom stereocenters. The van der Waals surface area contributed by atoms with Gasteiger partial charge >= 0.3 is 0 Å². The number of aromatic nitrogens is 2. The van der Waals surface area contributed by atoms with E-state index in [1.807, 2.05) is 13.8 Å². The zero-order valence-corrected chi connectivity index (χ0v) is 12.1. The highest BCUT2D eigenvalue weighted by molar-refractivity contribution is 8.00. The van der Waals surface area contributed by atoms with Crippen LogP contribution < -0.4 is 5.73 Å². The van der Waals surface area contributed by atoms with Gasteiger partial charge in [0.05, 0.1) is 10.9 Å². The molecule has 1 saturated carbocycles. The Labute approximate surface area is 112 Å². The van der Waals surface area contributed by atoms with Crippen molar-refractivity contribution in [3.8, 4) is 0 Å². The van der Waals surface area contributed by atoms with Gasteiger partial charge in [-0.15, -0.1) is 0 Å². The van der Waals surface area contributed by atoms with Crippen LogP contribution in [0.2, 0.25) is 0 Å². The molecule has 1 aromatic heterocycles. The molecule has 2 N–H and O–H groups in total. The van der Waals surface area contributed by atoms with E-state index in [0.29, 0.717) is 6.04 Å². The van der Waals surface area contributed by atoms with E-state index in [1.165, 1.54) is 43.1 Å². The van der Waals surface area contributed by atoms with E-state index in [4.69, 9.17) is 5.73 Å². The lowest BCUT2D eigenvalue weighted by atomic mass is 10.2. The van der Waals surface area contributed by atoms with Crippen LogP contribution in [0.4, 0.5) is 0 Å². The summed E-state index contributed by atoms with van der Waals surface area (Å²) in [6.45, 7) is 5.98. The minimum absolute atomic E-state index is 0.230. The van der Waals surface area contributed by atoms with Crippen molar-refractivity contribution in [1.29, 1.82) is 0 Å². The van der Waals surface area contributed by atoms with Gasteiger partial charge in [0.1, 0.15) is 0 Å². The topological polar surface area (TPSA) is 60.9 Å². The SMILES string of the molecule is Cc1nc(S[C@H](C)C(N)=O)n(C2CCCC2)c1C. The Hall–Kier alpha value is -0.970. The van der Waals surface area contributed by atoms with E-state index in [9.17, 15) is 4.79 Å². The fraction of sp³-hybridized carbons (Fsp3) is 0.692. The third-order valence-corrected chi connectivity index (χ3v) is 4.81. The van der Waals surface area contributed by atoms with E-state index in [-0.39, 0.29) is 11.2 Å². The number of aryl methyl sites for hydroxylation is 1. The zero-order valence-electron chi connectivity index (χ0n) is 11.3. The molecular formula is C13H21N3OS. The lowest BCUT2D eigenvalue weighted by Crippen LogP contribution is -2.23. The van der Waals surface area contributed by atoms with Gasteiger partial charge in [-0.1, -0.05) is 24.6 Å². The maximum absolute atomic E-state index is 11.2. The van der Waals surface area contributed by atoms with Crippen LogP contribution in [0.1, 0.15) is 50.0 Å². The number of thioether (sulfide) groups is 1. The quantitative estimate of drug-likeness (QED) is 0.853. The predicted molar refractivity (Wildman–Crippen MR) is 73.7 cm³/mol. The highest BCUT2D eigenvalue weighted by Crippen LogP contribution is 2.36. The summed E-state index contributed by atoms with van der Waals surface area (Å²) < 4.78 is 2.31. The van der Waals surface area contributed by atoms with Gasteiger partial charge in [0, 0.05) is 11.7 Å². The number of imidazole rings is 1. The Morgan fingerprint density at radius 2 is 2.06 bits per heavy atom. The summed E-state index contributed by atoms with van der Waals surface area (Å²) in [6.07, 6.45) is 5.01. The van der Waals surface area contributed by atoms with Gasteiger partial charge in [-0.2, -0.15) is 0 Å². The highest BCUT2D eigenvalue weighted by atomic mass is 32.2. The molecule has 0 unspecified atom stereocenters. The first-order chi connectivity index (χ1) is 8.50. The molecule has 4 nitrogen and oxygen atoms in total. The molecule has 1 aliphatic carbocycles. The number of nitrogens with zero attached hydrogens (tertiary/aromatic N) is 2. The largest absolute Gasteiger partial charge is 0.369 e. The van der Waals surface area contributed by atoms with E-state index < -0.39 is 0 Å². The van der Waals surface area contributed by atoms with Crippen molar-refractivity contribution in [2.75, 3.05) is 0 Å². The Bertz CT molecular complexity index is 449. The summed E-state index contributed by atoms with van der Waals surface area (Å²) in [5, 5.41) is 0.717. The van der Waals surface area contributed by atoms with E-state index in [1.54, 1.807) is 0 Å². The molecule has 0 aromatic carbocycles. The number of hydrogen-bond donors (Lipinski definition) is 1. The molecule has 1 aromatic rings. The molecule has 0 saturated heterocycles. The Morgan fingerprint density at radius 1 is 1.44 bits per heavy atom. The van der Waals surface area contributed by atoms with Crippen molar-refractivity contribution >= 4 is 17.7 Å². The molecule has 18 heavy (non-hydrogen) atoms. The minimum Gasteiger partial charge on any atom is -0.369 e. The van der Waals surface area contributed by atoms with E-state index in [0.717, 1.165) is 10.9 Å². The molecule has 0 radical (unpaired) electrons. The van der Waals surface area contributed by atoms with Gasteiger partial charge in [0.2, 0.25) is 5.91 Å². The van der Waals surface area contributed by atoms with Gasteiger partial charge in [-0.3, -0.25) is 4.79 Å². The first-order valence-corrected chi connectivity index (χ1v) is 7.40. The van der Waals surface area contributed by atoms with Gasteiger partial charge in [0.25, 0.3) is 0 Å². The lowest BCUT2D eigenvalue weighted by molar-refractivity contribution is -0.117. The third kappa shape index (κ3) is 2.55. The Balaban J connectivity index is 2.28. The van der Waals surface area contributed by atoms with Crippen molar-refractivity contribution in [2.45, 2.75) is 62.9 Å². The van der Waals surface area contributed by atoms with Crippen molar-refractivity contribution in [2.24, 2.45) is 5.73 Å². The second-order valence-electron chi connectivity index (χ2n) is 5.04. The van der Waals surface area contributed by atoms with Crippen molar-refractivity contribution < 1.29 is 4.79 Å². The first-order valence-electron chi connectivity index (χ1n) is 6.52. The standard InChI is InChI=1S/C13H21N3OS/c1-8-9(2)16(11-6-4-5-7-11)13(15-8)18-10(3)12(14)17/h10-11H,4-7H2,1-3H3,(H2,14,17)/t10-/m1/s1. The van der Waals surface area contributed by atoms with Gasteiger partial charge in [-0.25, -0.2) is 4.98 Å². The number of amides is 1. The zero-order chi connectivity index (χ0) is 13.3. The lowest BCUT2D eigenvalue weighted by Gasteiger charge is -2.17. The van der Waals surface area contributed by atoms with Crippen LogP contribution in [-0.4, -0.2) is 20.7 Å². The van der Waals surface area contributed by atoms with E-state index >= 15 is 0 Å². The molecule has 1 heterocycles. The molecule has 1 aliphatic rings. The second-order valence-corrected chi connectivity index (χ2v) is 6.34. The van der Waals surface area contributed by atoms with Crippen LogP contribution in [-0.2, 0) is 4.79 Å². The first kappa shape index (κ1) is 13.5. The summed E-state index contributed by atoms with van der Waals surface area (Å²) >= 11 is 1.48. The van der Waals surface area contributed by atoms with Crippen molar-refractivity contribution in [1.82, 2.24) is 9.55 Å². The number of hydrogen-bond acceptors (Lipinski definition) is 3. The summed E-state index contributed by atoms with van der Waals surface area (Å²) in [7, 11) is 0. The fourth-order valence-electron chi connectivity index (χ4n) is 2.49. The molecule has 0 spiro atoms. The smallest absolute Gasteiger partial charge is 0.230 e. The average Bonchev–Trinajstić information content (AvgIpc) is 2.89. The van der Waals surface area contributed by atoms with Crippen molar-refractivity contribution in [3.63, 3.8) is 0 Å². The van der Waals surface area contributed by atoms with Crippen LogP contribution in [0.25, 0.3) is 0 Å². The summed E-state index contributed by atoms with van der Waals surface area (Å²) in [5.74, 6) is -0.281. The highest BCUT2D eigenvalue weighted by Gasteiger charge is 2.24. The molecule has 0 aliphatic heterocycles. The van der Waals surface area contributed by atoms with Crippen LogP contribution in [0.3, 0.4) is 0 Å². The van der Waals surface area contributed by atoms with Gasteiger partial charge in [-0.05, 0) is 33.6 Å². The Morgan fingerprint density at radius 3 is 2.61 bits per heavy atom. The minimum atomic E-state index is -0.281. The summed E-state index contributed by atoms with van der Waals surface area (Å²) in [4.78, 5) is 15.8. The van der Waals surface area contributed by atoms with Crippen LogP contribution >= 0.6 is 11.8 Å². The normalized spacial score (nSPS) is 18.2. The molecule has 2 rings (SSSR count). The molecule has 5 heteroatoms. The van der Waals surface area contributed by atoms with Crippen molar-refractivity contribution in [3.05, 3.63) is 11.4 Å². The fourth-order valence-corrected chi connectivity index (χ4v) is 3.51. The monoisotopic (exact) mass is 267 g/mol. The van der Waals surface area contributed by atoms with Gasteiger partial charge in [0.15, 0.2) is 5.16 Å². The summed E-state index contributed by atoms with van der Waals surface area (Å²) in [5.41, 5.74) is 7.62. The third-order valence-electron chi connectivity index (χ3n) is 3.73. The number of primary amides is 1. The van der Waals surface area contributed by atoms with Gasteiger partial charge < -0.3 is 10.3 Å². The number of carbonyl (C=O) groups is 1. The molecule has 0 bridgehead atoms. The maximum Gasteiger partial charge on any atom is 0.230 e. The number of rotatable bonds is 4. The average molecular weight is 267 g/mol. The predicted octanol–water partition coefficient (Wildman–Crippen LogP) is 2.58. The molecule has 1 fully saturated rings. The van der Waals surface area contributed by atoms with Crippen LogP contribution in [0.15, 0.2) is 5.16 Å². The number of carbonyl (C=O) groups excluding carboxylic acids is 1.